The molecule has 4 rings (SSSR count). The summed E-state index contributed by atoms with van der Waals surface area (Å²) in [5, 5.41) is 10.4. The number of carbonyl (C=O) groups excluding carboxylic acids is 1. The Bertz CT molecular complexity index is 1090. The lowest BCUT2D eigenvalue weighted by Gasteiger charge is -2.10. The highest BCUT2D eigenvalue weighted by molar-refractivity contribution is 6.03. The molecule has 4 aromatic rings. The third-order valence-corrected chi connectivity index (χ3v) is 3.82. The van der Waals surface area contributed by atoms with Crippen molar-refractivity contribution in [3.63, 3.8) is 0 Å². The maximum Gasteiger partial charge on any atom is 0.275 e. The molecule has 8 nitrogen and oxygen atoms in total. The van der Waals surface area contributed by atoms with Gasteiger partial charge in [0.2, 0.25) is 0 Å². The molecule has 1 aromatic carbocycles. The van der Waals surface area contributed by atoms with E-state index in [0.717, 1.165) is 10.2 Å². The number of aromatic nitrogens is 6. The third-order valence-electron chi connectivity index (χ3n) is 3.82. The van der Waals surface area contributed by atoms with Crippen LogP contribution in [0.2, 0.25) is 0 Å². The number of rotatable bonds is 5. The Kier molecular flexibility index (Phi) is 4.29. The first-order valence-corrected chi connectivity index (χ1v) is 7.99. The molecule has 0 aliphatic heterocycles. The fourth-order valence-corrected chi connectivity index (χ4v) is 2.63. The topological polar surface area (TPSA) is 90.0 Å². The van der Waals surface area contributed by atoms with Crippen molar-refractivity contribution >= 4 is 17.5 Å². The second kappa shape index (κ2) is 6.90. The molecule has 0 bridgehead atoms. The number of anilines is 1. The van der Waals surface area contributed by atoms with E-state index in [9.17, 15) is 13.6 Å². The lowest BCUT2D eigenvalue weighted by Crippen LogP contribution is -2.20. The maximum absolute atomic E-state index is 12.8. The largest absolute Gasteiger partial charge is 0.305 e. The van der Waals surface area contributed by atoms with Crippen molar-refractivity contribution in [2.24, 2.45) is 0 Å². The summed E-state index contributed by atoms with van der Waals surface area (Å²) in [5.41, 5.74) is 1.52. The Morgan fingerprint density at radius 3 is 2.74 bits per heavy atom. The predicted molar refractivity (Wildman–Crippen MR) is 92.4 cm³/mol. The van der Waals surface area contributed by atoms with E-state index in [2.05, 4.69) is 25.5 Å². The summed E-state index contributed by atoms with van der Waals surface area (Å²) < 4.78 is 27.6. The molecule has 27 heavy (non-hydrogen) atoms. The molecule has 3 aromatic heterocycles. The van der Waals surface area contributed by atoms with Crippen LogP contribution in [0.3, 0.4) is 0 Å². The van der Waals surface area contributed by atoms with E-state index >= 15 is 0 Å². The average Bonchev–Trinajstić information content (AvgIpc) is 3.30. The first-order valence-electron chi connectivity index (χ1n) is 7.99. The minimum Gasteiger partial charge on any atom is -0.305 e. The van der Waals surface area contributed by atoms with E-state index in [1.165, 1.54) is 23.1 Å². The van der Waals surface area contributed by atoms with Gasteiger partial charge in [0.1, 0.15) is 24.4 Å². The maximum atomic E-state index is 12.8. The molecule has 0 radical (unpaired) electrons. The molecule has 0 aliphatic carbocycles. The van der Waals surface area contributed by atoms with Gasteiger partial charge in [0, 0.05) is 11.6 Å². The van der Waals surface area contributed by atoms with Gasteiger partial charge < -0.3 is 5.32 Å². The molecule has 0 saturated carbocycles. The predicted octanol–water partition coefficient (Wildman–Crippen LogP) is 2.51. The van der Waals surface area contributed by atoms with E-state index in [-0.39, 0.29) is 17.3 Å². The average molecular weight is 369 g/mol. The lowest BCUT2D eigenvalue weighted by atomic mass is 10.1. The van der Waals surface area contributed by atoms with Gasteiger partial charge in [-0.05, 0) is 6.07 Å². The van der Waals surface area contributed by atoms with Crippen molar-refractivity contribution in [2.75, 3.05) is 5.32 Å². The molecule has 136 valence electrons. The van der Waals surface area contributed by atoms with Gasteiger partial charge in [-0.1, -0.05) is 30.3 Å². The van der Waals surface area contributed by atoms with Crippen molar-refractivity contribution in [1.29, 1.82) is 0 Å². The second-order valence-electron chi connectivity index (χ2n) is 5.61. The van der Waals surface area contributed by atoms with E-state index < -0.39 is 18.9 Å². The van der Waals surface area contributed by atoms with Gasteiger partial charge in [0.05, 0.1) is 11.9 Å². The van der Waals surface area contributed by atoms with Crippen molar-refractivity contribution < 1.29 is 13.6 Å². The van der Waals surface area contributed by atoms with Gasteiger partial charge >= 0.3 is 0 Å². The van der Waals surface area contributed by atoms with Crippen LogP contribution in [0, 0.1) is 0 Å². The number of halogens is 2. The van der Waals surface area contributed by atoms with Crippen LogP contribution in [0.1, 0.15) is 10.5 Å². The van der Waals surface area contributed by atoms with Crippen molar-refractivity contribution in [2.45, 2.75) is 13.0 Å². The first kappa shape index (κ1) is 16.8. The van der Waals surface area contributed by atoms with Crippen LogP contribution >= 0.6 is 0 Å². The molecule has 10 heteroatoms. The van der Waals surface area contributed by atoms with Crippen molar-refractivity contribution in [3.05, 3.63) is 60.7 Å². The molecule has 3 heterocycles. The molecule has 0 fully saturated rings. The summed E-state index contributed by atoms with van der Waals surface area (Å²) in [7, 11) is 0. The number of hydrogen-bond acceptors (Lipinski definition) is 5. The zero-order valence-electron chi connectivity index (χ0n) is 13.8. The van der Waals surface area contributed by atoms with E-state index in [0.29, 0.717) is 5.69 Å². The highest BCUT2D eigenvalue weighted by Crippen LogP contribution is 2.19. The summed E-state index contributed by atoms with van der Waals surface area (Å²) in [6, 6.07) is 12.3. The van der Waals surface area contributed by atoms with E-state index in [1.807, 2.05) is 30.3 Å². The van der Waals surface area contributed by atoms with Crippen LogP contribution in [0.4, 0.5) is 14.6 Å². The molecular formula is C17H13F2N7O. The van der Waals surface area contributed by atoms with Crippen LogP contribution in [0.25, 0.3) is 17.0 Å². The molecule has 1 amide bonds. The van der Waals surface area contributed by atoms with Crippen molar-refractivity contribution in [3.8, 4) is 11.3 Å². The lowest BCUT2D eigenvalue weighted by molar-refractivity contribution is 0.101. The smallest absolute Gasteiger partial charge is 0.275 e. The number of nitrogens with zero attached hydrogens (tertiary/aromatic N) is 6. The molecule has 0 unspecified atom stereocenters. The quantitative estimate of drug-likeness (QED) is 0.584. The Morgan fingerprint density at radius 2 is 1.96 bits per heavy atom. The summed E-state index contributed by atoms with van der Waals surface area (Å²) in [4.78, 5) is 21.2. The number of alkyl halides is 2. The Balaban J connectivity index is 1.72. The Hall–Kier alpha value is -3.69. The fraction of sp³-hybridized carbons (Fsp3) is 0.118. The van der Waals surface area contributed by atoms with Crippen LogP contribution in [-0.4, -0.2) is 41.7 Å². The van der Waals surface area contributed by atoms with Crippen LogP contribution in [-0.2, 0) is 6.54 Å². The second-order valence-corrected chi connectivity index (χ2v) is 5.61. The minimum absolute atomic E-state index is 0.159. The molecule has 1 N–H and O–H groups in total. The number of hydrogen-bond donors (Lipinski definition) is 1. The highest BCUT2D eigenvalue weighted by Gasteiger charge is 2.18. The van der Waals surface area contributed by atoms with Gasteiger partial charge in [-0.15, -0.1) is 0 Å². The monoisotopic (exact) mass is 369 g/mol. The van der Waals surface area contributed by atoms with Crippen molar-refractivity contribution in [1.82, 2.24) is 29.4 Å². The third kappa shape index (κ3) is 3.36. The van der Waals surface area contributed by atoms with Crippen LogP contribution in [0.5, 0.6) is 0 Å². The number of carbonyl (C=O) groups is 1. The number of nitrogens with one attached hydrogen (secondary N) is 1. The Morgan fingerprint density at radius 1 is 1.15 bits per heavy atom. The zero-order chi connectivity index (χ0) is 18.8. The first-order chi connectivity index (χ1) is 13.1. The molecule has 0 spiro atoms. The molecule has 0 atom stereocenters. The van der Waals surface area contributed by atoms with Gasteiger partial charge in [0.15, 0.2) is 0 Å². The summed E-state index contributed by atoms with van der Waals surface area (Å²) in [6.07, 6.45) is 0.0353. The fourth-order valence-electron chi connectivity index (χ4n) is 2.63. The van der Waals surface area contributed by atoms with Gasteiger partial charge in [-0.3, -0.25) is 4.79 Å². The molecular weight excluding hydrogens is 356 g/mol. The highest BCUT2D eigenvalue weighted by atomic mass is 19.3. The summed E-state index contributed by atoms with van der Waals surface area (Å²) in [6.45, 7) is -0.618. The zero-order valence-corrected chi connectivity index (χ0v) is 13.8. The Labute approximate surface area is 151 Å². The number of fused-ring (bicyclic) bond motifs is 1. The van der Waals surface area contributed by atoms with Crippen LogP contribution < -0.4 is 5.32 Å². The normalized spacial score (nSPS) is 11.2. The van der Waals surface area contributed by atoms with Gasteiger partial charge in [0.25, 0.3) is 18.1 Å². The molecule has 0 aliphatic rings. The summed E-state index contributed by atoms with van der Waals surface area (Å²) >= 11 is 0. The van der Waals surface area contributed by atoms with Crippen LogP contribution in [0.15, 0.2) is 55.0 Å². The van der Waals surface area contributed by atoms with E-state index in [1.54, 1.807) is 6.07 Å². The number of amides is 1. The SMILES string of the molecule is O=C(Nc1ccnn1CC(F)F)c1cc(-c2ccccc2)nc2ncnn12. The molecule has 0 saturated heterocycles. The summed E-state index contributed by atoms with van der Waals surface area (Å²) in [5.74, 6) is -0.129. The van der Waals surface area contributed by atoms with E-state index in [4.69, 9.17) is 0 Å². The standard InChI is InChI=1S/C17H13F2N7O/c18-14(19)9-25-15(6-7-21-25)24-16(27)13-8-12(11-4-2-1-3-5-11)23-17-20-10-22-26(13)17/h1-8,10,14H,9H2,(H,24,27). The number of benzene rings is 1. The minimum atomic E-state index is -2.59. The van der Waals surface area contributed by atoms with Gasteiger partial charge in [-0.25, -0.2) is 18.4 Å². The van der Waals surface area contributed by atoms with Gasteiger partial charge in [-0.2, -0.15) is 19.7 Å².